The van der Waals surface area contributed by atoms with Crippen molar-refractivity contribution in [2.24, 2.45) is 0 Å². The average molecular weight is 423 g/mol. The molecule has 0 bridgehead atoms. The second-order valence-electron chi connectivity index (χ2n) is 8.55. The van der Waals surface area contributed by atoms with Gasteiger partial charge in [-0.25, -0.2) is 0 Å². The molecule has 1 atom stereocenters. The molecule has 0 aromatic heterocycles. The van der Waals surface area contributed by atoms with E-state index in [2.05, 4.69) is 5.32 Å². The van der Waals surface area contributed by atoms with Crippen LogP contribution in [0.15, 0.2) is 48.5 Å². The standard InChI is InChI=1S/C26H34N2O3/c1-19-9-11-22(12-10-19)18-28(20(2)26(30)27-23-7-5-4-6-8-23)25(29)17-21-13-15-24(31-3)16-14-21/h9-16,20,23H,4-8,17-18H2,1-3H3,(H,27,30)/t20-/m0/s1. The van der Waals surface area contributed by atoms with Crippen LogP contribution in [0, 0.1) is 6.92 Å². The molecule has 5 nitrogen and oxygen atoms in total. The summed E-state index contributed by atoms with van der Waals surface area (Å²) in [5.74, 6) is 0.632. The lowest BCUT2D eigenvalue weighted by molar-refractivity contribution is -0.140. The van der Waals surface area contributed by atoms with Crippen LogP contribution < -0.4 is 10.1 Å². The van der Waals surface area contributed by atoms with Crippen molar-refractivity contribution in [1.29, 1.82) is 0 Å². The predicted octanol–water partition coefficient (Wildman–Crippen LogP) is 4.41. The number of hydrogen-bond acceptors (Lipinski definition) is 3. The average Bonchev–Trinajstić information content (AvgIpc) is 2.79. The Morgan fingerprint density at radius 2 is 1.61 bits per heavy atom. The van der Waals surface area contributed by atoms with E-state index in [0.717, 1.165) is 42.6 Å². The van der Waals surface area contributed by atoms with Crippen molar-refractivity contribution in [1.82, 2.24) is 10.2 Å². The van der Waals surface area contributed by atoms with E-state index in [1.54, 1.807) is 12.0 Å². The number of nitrogens with one attached hydrogen (secondary N) is 1. The molecular weight excluding hydrogens is 388 g/mol. The van der Waals surface area contributed by atoms with Gasteiger partial charge in [0.25, 0.3) is 0 Å². The Hall–Kier alpha value is -2.82. The second-order valence-corrected chi connectivity index (χ2v) is 8.55. The molecule has 1 saturated carbocycles. The first kappa shape index (κ1) is 22.9. The molecule has 1 fully saturated rings. The molecule has 0 spiro atoms. The van der Waals surface area contributed by atoms with Crippen LogP contribution in [0.3, 0.4) is 0 Å². The summed E-state index contributed by atoms with van der Waals surface area (Å²) in [5.41, 5.74) is 3.09. The third-order valence-electron chi connectivity index (χ3n) is 6.11. The molecule has 1 N–H and O–H groups in total. The maximum absolute atomic E-state index is 13.3. The maximum atomic E-state index is 13.3. The van der Waals surface area contributed by atoms with E-state index in [0.29, 0.717) is 6.54 Å². The van der Waals surface area contributed by atoms with E-state index in [1.807, 2.05) is 62.4 Å². The number of rotatable bonds is 8. The number of amides is 2. The zero-order valence-corrected chi connectivity index (χ0v) is 18.9. The number of ether oxygens (including phenoxy) is 1. The smallest absolute Gasteiger partial charge is 0.242 e. The van der Waals surface area contributed by atoms with Gasteiger partial charge in [-0.05, 0) is 49.9 Å². The van der Waals surface area contributed by atoms with Crippen LogP contribution >= 0.6 is 0 Å². The first-order valence-electron chi connectivity index (χ1n) is 11.2. The quantitative estimate of drug-likeness (QED) is 0.685. The minimum atomic E-state index is -0.533. The van der Waals surface area contributed by atoms with Gasteiger partial charge >= 0.3 is 0 Å². The van der Waals surface area contributed by atoms with Crippen LogP contribution in [-0.4, -0.2) is 35.9 Å². The Kier molecular flexibility index (Phi) is 8.10. The Bertz CT molecular complexity index is 855. The van der Waals surface area contributed by atoms with Crippen LogP contribution in [0.2, 0.25) is 0 Å². The third-order valence-corrected chi connectivity index (χ3v) is 6.11. The lowest BCUT2D eigenvalue weighted by Gasteiger charge is -2.31. The highest BCUT2D eigenvalue weighted by Gasteiger charge is 2.28. The fourth-order valence-corrected chi connectivity index (χ4v) is 4.06. The summed E-state index contributed by atoms with van der Waals surface area (Å²) in [6.07, 6.45) is 5.84. The number of carbonyl (C=O) groups is 2. The number of aryl methyl sites for hydroxylation is 1. The van der Waals surface area contributed by atoms with Gasteiger partial charge in [0.1, 0.15) is 11.8 Å². The van der Waals surface area contributed by atoms with Gasteiger partial charge in [0, 0.05) is 12.6 Å². The van der Waals surface area contributed by atoms with E-state index >= 15 is 0 Å². The molecule has 166 valence electrons. The SMILES string of the molecule is COc1ccc(CC(=O)N(Cc2ccc(C)cc2)[C@@H](C)C(=O)NC2CCCCC2)cc1. The van der Waals surface area contributed by atoms with Gasteiger partial charge in [-0.3, -0.25) is 9.59 Å². The zero-order chi connectivity index (χ0) is 22.2. The molecule has 0 aliphatic heterocycles. The third kappa shape index (κ3) is 6.58. The molecule has 3 rings (SSSR count). The van der Waals surface area contributed by atoms with Crippen molar-refractivity contribution in [2.45, 2.75) is 71.0 Å². The monoisotopic (exact) mass is 422 g/mol. The number of carbonyl (C=O) groups excluding carboxylic acids is 2. The number of methoxy groups -OCH3 is 1. The van der Waals surface area contributed by atoms with E-state index in [1.165, 1.54) is 12.0 Å². The van der Waals surface area contributed by atoms with Crippen LogP contribution in [0.5, 0.6) is 5.75 Å². The summed E-state index contributed by atoms with van der Waals surface area (Å²) < 4.78 is 5.20. The van der Waals surface area contributed by atoms with Crippen molar-refractivity contribution in [3.8, 4) is 5.75 Å². The first-order chi connectivity index (χ1) is 15.0. The summed E-state index contributed by atoms with van der Waals surface area (Å²) in [5, 5.41) is 3.18. The molecule has 0 radical (unpaired) electrons. The second kappa shape index (κ2) is 11.0. The van der Waals surface area contributed by atoms with Gasteiger partial charge in [0.05, 0.1) is 13.5 Å². The highest BCUT2D eigenvalue weighted by atomic mass is 16.5. The van der Waals surface area contributed by atoms with Gasteiger partial charge in [0.15, 0.2) is 0 Å². The van der Waals surface area contributed by atoms with E-state index in [9.17, 15) is 9.59 Å². The normalized spacial score (nSPS) is 15.2. The van der Waals surface area contributed by atoms with Crippen molar-refractivity contribution < 1.29 is 14.3 Å². The van der Waals surface area contributed by atoms with E-state index in [4.69, 9.17) is 4.74 Å². The van der Waals surface area contributed by atoms with Gasteiger partial charge in [0.2, 0.25) is 11.8 Å². The summed E-state index contributed by atoms with van der Waals surface area (Å²) in [7, 11) is 1.62. The van der Waals surface area contributed by atoms with Crippen LogP contribution in [0.1, 0.15) is 55.7 Å². The number of nitrogens with zero attached hydrogens (tertiary/aromatic N) is 1. The first-order valence-corrected chi connectivity index (χ1v) is 11.2. The summed E-state index contributed by atoms with van der Waals surface area (Å²) in [6, 6.07) is 15.3. The minimum absolute atomic E-state index is 0.0583. The summed E-state index contributed by atoms with van der Waals surface area (Å²) in [4.78, 5) is 28.0. The largest absolute Gasteiger partial charge is 0.497 e. The highest BCUT2D eigenvalue weighted by molar-refractivity contribution is 5.88. The zero-order valence-electron chi connectivity index (χ0n) is 18.9. The van der Waals surface area contributed by atoms with Gasteiger partial charge in [-0.1, -0.05) is 61.2 Å². The van der Waals surface area contributed by atoms with Gasteiger partial charge < -0.3 is 15.0 Å². The molecule has 5 heteroatoms. The molecule has 2 aromatic rings. The molecule has 0 unspecified atom stereocenters. The fourth-order valence-electron chi connectivity index (χ4n) is 4.06. The lowest BCUT2D eigenvalue weighted by atomic mass is 9.95. The highest BCUT2D eigenvalue weighted by Crippen LogP contribution is 2.19. The number of hydrogen-bond donors (Lipinski definition) is 1. The molecule has 2 amide bonds. The molecular formula is C26H34N2O3. The fraction of sp³-hybridized carbons (Fsp3) is 0.462. The maximum Gasteiger partial charge on any atom is 0.242 e. The van der Waals surface area contributed by atoms with Crippen molar-refractivity contribution in [2.75, 3.05) is 7.11 Å². The van der Waals surface area contributed by atoms with Crippen molar-refractivity contribution >= 4 is 11.8 Å². The summed E-state index contributed by atoms with van der Waals surface area (Å²) in [6.45, 7) is 4.28. The van der Waals surface area contributed by atoms with Crippen LogP contribution in [0.25, 0.3) is 0 Å². The van der Waals surface area contributed by atoms with Crippen LogP contribution in [-0.2, 0) is 22.6 Å². The van der Waals surface area contributed by atoms with E-state index < -0.39 is 6.04 Å². The van der Waals surface area contributed by atoms with Crippen molar-refractivity contribution in [3.05, 3.63) is 65.2 Å². The van der Waals surface area contributed by atoms with Gasteiger partial charge in [-0.2, -0.15) is 0 Å². The molecule has 1 aliphatic carbocycles. The minimum Gasteiger partial charge on any atom is -0.497 e. The molecule has 2 aromatic carbocycles. The lowest BCUT2D eigenvalue weighted by Crippen LogP contribution is -2.50. The molecule has 31 heavy (non-hydrogen) atoms. The van der Waals surface area contributed by atoms with E-state index in [-0.39, 0.29) is 24.3 Å². The Labute approximate surface area is 185 Å². The molecule has 1 aliphatic rings. The Morgan fingerprint density at radius 1 is 1.00 bits per heavy atom. The predicted molar refractivity (Wildman–Crippen MR) is 123 cm³/mol. The molecule has 0 saturated heterocycles. The molecule has 0 heterocycles. The summed E-state index contributed by atoms with van der Waals surface area (Å²) >= 11 is 0. The van der Waals surface area contributed by atoms with Crippen molar-refractivity contribution in [3.63, 3.8) is 0 Å². The van der Waals surface area contributed by atoms with Gasteiger partial charge in [-0.15, -0.1) is 0 Å². The topological polar surface area (TPSA) is 58.6 Å². The Balaban J connectivity index is 1.74. The number of benzene rings is 2. The Morgan fingerprint density at radius 3 is 2.23 bits per heavy atom. The van der Waals surface area contributed by atoms with Crippen LogP contribution in [0.4, 0.5) is 0 Å².